The fourth-order valence-electron chi connectivity index (χ4n) is 5.00. The van der Waals surface area contributed by atoms with Crippen molar-refractivity contribution in [1.82, 2.24) is 9.13 Å². The number of unbranched alkanes of at least 4 members (excludes halogenated alkanes) is 2. The maximum Gasteiger partial charge on any atom is 0.292 e. The van der Waals surface area contributed by atoms with E-state index in [1.165, 1.54) is 0 Å². The molecule has 3 aromatic carbocycles. The highest BCUT2D eigenvalue weighted by Gasteiger charge is 2.16. The van der Waals surface area contributed by atoms with E-state index in [0.717, 1.165) is 38.8 Å². The quantitative estimate of drug-likeness (QED) is 0.0990. The molecule has 5 aromatic rings. The third-order valence-corrected chi connectivity index (χ3v) is 7.45. The van der Waals surface area contributed by atoms with Crippen LogP contribution in [0, 0.1) is 0 Å². The number of aliphatic imine (C=N–C) groups is 2. The maximum atomic E-state index is 12.9. The second-order valence-corrected chi connectivity index (χ2v) is 11.1. The summed E-state index contributed by atoms with van der Waals surface area (Å²) in [6.45, 7) is 5.80. The minimum absolute atomic E-state index is 0.290. The number of rotatable bonds is 14. The summed E-state index contributed by atoms with van der Waals surface area (Å²) < 4.78 is 19.6. The summed E-state index contributed by atoms with van der Waals surface area (Å²) in [5, 5.41) is 25.9. The molecule has 10 heteroatoms. The lowest BCUT2D eigenvalue weighted by Crippen LogP contribution is -2.40. The topological polar surface area (TPSA) is 107 Å². The number of ether oxygens (including phenoxy) is 2. The number of nitrogens with zero attached hydrogens (tertiary/aromatic N) is 6. The molecule has 2 heterocycles. The minimum Gasteiger partial charge on any atom is -0.853 e. The van der Waals surface area contributed by atoms with E-state index in [0.29, 0.717) is 46.0 Å². The van der Waals surface area contributed by atoms with E-state index >= 15 is 0 Å². The molecule has 0 unspecified atom stereocenters. The maximum absolute atomic E-state index is 12.9. The molecule has 0 fully saturated rings. The Bertz CT molecular complexity index is 1670. The number of hydrogen-bond acceptors (Lipinski definition) is 6. The molecular formula is C36H40N6O4. The monoisotopic (exact) mass is 620 g/mol. The minimum atomic E-state index is -0.290. The first-order valence-electron chi connectivity index (χ1n) is 15.6. The third-order valence-electron chi connectivity index (χ3n) is 7.45. The van der Waals surface area contributed by atoms with Crippen LogP contribution in [0.3, 0.4) is 0 Å². The highest BCUT2D eigenvalue weighted by Crippen LogP contribution is 2.30. The molecule has 0 saturated carbocycles. The number of aryl methyl sites for hydroxylation is 4. The Kier molecular flexibility index (Phi) is 10.5. The zero-order valence-corrected chi connectivity index (χ0v) is 26.8. The Hall–Kier alpha value is -5.38. The van der Waals surface area contributed by atoms with Gasteiger partial charge in [-0.3, -0.25) is 9.98 Å². The summed E-state index contributed by atoms with van der Waals surface area (Å²) in [5.41, 5.74) is 1.10. The first-order chi connectivity index (χ1) is 22.3. The number of imidazole rings is 2. The van der Waals surface area contributed by atoms with E-state index in [1.807, 2.05) is 66.2 Å². The van der Waals surface area contributed by atoms with Gasteiger partial charge in [-0.2, -0.15) is 0 Å². The van der Waals surface area contributed by atoms with Crippen LogP contribution in [0.25, 0.3) is 0 Å². The number of benzene rings is 3. The number of aromatic nitrogens is 4. The van der Waals surface area contributed by atoms with Gasteiger partial charge in [0.2, 0.25) is 0 Å². The van der Waals surface area contributed by atoms with Gasteiger partial charge < -0.3 is 19.7 Å². The standard InChI is InChI=1S/C36H40N6O4/c1-5-7-20-41-24-22-39(3)35(41)33(43)37-27-12-16-29(17-13-27)45-31-10-9-11-32(26-31)46-30-18-14-28(15-19-30)38-34(44)36-40(4)23-25-42(36)21-8-6-2/h9-19,22-26H,5-8,20-21H2,1-4H3. The average Bonchev–Trinajstić information content (AvgIpc) is 3.62. The van der Waals surface area contributed by atoms with Crippen LogP contribution >= 0.6 is 0 Å². The fraction of sp³-hybridized carbons (Fsp3) is 0.278. The molecule has 10 nitrogen and oxygen atoms in total. The van der Waals surface area contributed by atoms with Gasteiger partial charge in [0, 0.05) is 6.07 Å². The van der Waals surface area contributed by atoms with Crippen molar-refractivity contribution in [2.45, 2.75) is 52.6 Å². The van der Waals surface area contributed by atoms with Gasteiger partial charge in [0.15, 0.2) is 0 Å². The Morgan fingerprint density at radius 2 is 1.04 bits per heavy atom. The first kappa shape index (κ1) is 32.0. The molecule has 46 heavy (non-hydrogen) atoms. The molecule has 238 valence electrons. The van der Waals surface area contributed by atoms with Crippen molar-refractivity contribution in [3.8, 4) is 23.0 Å². The van der Waals surface area contributed by atoms with Crippen LogP contribution in [-0.4, -0.2) is 20.9 Å². The molecular weight excluding hydrogens is 580 g/mol. The molecule has 0 N–H and O–H groups in total. The lowest BCUT2D eigenvalue weighted by molar-refractivity contribution is -0.674. The van der Waals surface area contributed by atoms with Crippen LogP contribution in [0.4, 0.5) is 11.4 Å². The van der Waals surface area contributed by atoms with Crippen molar-refractivity contribution in [2.75, 3.05) is 0 Å². The van der Waals surface area contributed by atoms with Gasteiger partial charge in [-0.05, 0) is 73.5 Å². The summed E-state index contributed by atoms with van der Waals surface area (Å²) in [5.74, 6) is 2.90. The molecule has 2 aromatic heterocycles. The van der Waals surface area contributed by atoms with E-state index in [1.54, 1.807) is 63.7 Å². The van der Waals surface area contributed by atoms with Crippen molar-refractivity contribution in [1.29, 1.82) is 0 Å². The number of hydrogen-bond donors (Lipinski definition) is 0. The van der Waals surface area contributed by atoms with Crippen molar-refractivity contribution in [3.05, 3.63) is 109 Å². The Balaban J connectivity index is 1.21. The Morgan fingerprint density at radius 1 is 0.630 bits per heavy atom. The van der Waals surface area contributed by atoms with E-state index in [-0.39, 0.29) is 11.8 Å². The van der Waals surface area contributed by atoms with E-state index in [2.05, 4.69) is 23.8 Å². The van der Waals surface area contributed by atoms with Crippen LogP contribution in [0.5, 0.6) is 23.0 Å². The van der Waals surface area contributed by atoms with Gasteiger partial charge in [-0.25, -0.2) is 18.3 Å². The van der Waals surface area contributed by atoms with Gasteiger partial charge >= 0.3 is 0 Å². The summed E-state index contributed by atoms with van der Waals surface area (Å²) in [7, 11) is 3.70. The van der Waals surface area contributed by atoms with Crippen LogP contribution in [0.2, 0.25) is 0 Å². The van der Waals surface area contributed by atoms with Crippen molar-refractivity contribution < 1.29 is 28.8 Å². The van der Waals surface area contributed by atoms with Crippen molar-refractivity contribution >= 4 is 23.2 Å². The van der Waals surface area contributed by atoms with E-state index < -0.39 is 0 Å². The van der Waals surface area contributed by atoms with E-state index in [9.17, 15) is 10.2 Å². The third kappa shape index (κ3) is 8.01. The predicted molar refractivity (Wildman–Crippen MR) is 173 cm³/mol. The molecule has 0 amide bonds. The smallest absolute Gasteiger partial charge is 0.292 e. The summed E-state index contributed by atoms with van der Waals surface area (Å²) >= 11 is 0. The highest BCUT2D eigenvalue weighted by atomic mass is 16.5. The lowest BCUT2D eigenvalue weighted by Gasteiger charge is -2.11. The second kappa shape index (κ2) is 15.1. The van der Waals surface area contributed by atoms with Crippen molar-refractivity contribution in [2.24, 2.45) is 24.1 Å². The van der Waals surface area contributed by atoms with E-state index in [4.69, 9.17) is 9.47 Å². The van der Waals surface area contributed by atoms with Gasteiger partial charge in [-0.15, -0.1) is 0 Å². The van der Waals surface area contributed by atoms with Crippen molar-refractivity contribution in [3.63, 3.8) is 0 Å². The zero-order chi connectivity index (χ0) is 32.5. The van der Waals surface area contributed by atoms with Gasteiger partial charge in [-0.1, -0.05) is 32.8 Å². The second-order valence-electron chi connectivity index (χ2n) is 11.1. The molecule has 5 rings (SSSR count). The largest absolute Gasteiger partial charge is 0.853 e. The fourth-order valence-corrected chi connectivity index (χ4v) is 5.00. The molecule has 0 aliphatic rings. The Morgan fingerprint density at radius 3 is 1.43 bits per heavy atom. The Labute approximate surface area is 269 Å². The predicted octanol–water partition coefficient (Wildman–Crippen LogP) is 5.00. The van der Waals surface area contributed by atoms with Gasteiger partial charge in [0.1, 0.15) is 47.8 Å². The zero-order valence-electron chi connectivity index (χ0n) is 26.8. The summed E-state index contributed by atoms with van der Waals surface area (Å²) in [6.07, 6.45) is 11.6. The lowest BCUT2D eigenvalue weighted by atomic mass is 10.3. The SMILES string of the molecule is CCCCn1cc[n+](C)c1C([O-])=Nc1ccc(Oc2cccc(Oc3ccc(N=C([O-])c4n(CCCC)cc[n+]4C)cc3)c2)cc1. The average molecular weight is 621 g/mol. The molecule has 0 aliphatic carbocycles. The summed E-state index contributed by atoms with van der Waals surface area (Å²) in [4.78, 5) is 8.62. The first-order valence-corrected chi connectivity index (χ1v) is 15.6. The molecule has 0 atom stereocenters. The molecule has 0 bridgehead atoms. The molecule has 0 spiro atoms. The molecule has 0 radical (unpaired) electrons. The molecule has 0 aliphatic heterocycles. The van der Waals surface area contributed by atoms with Crippen LogP contribution < -0.4 is 28.8 Å². The van der Waals surface area contributed by atoms with Gasteiger partial charge in [0.25, 0.3) is 11.6 Å². The van der Waals surface area contributed by atoms with Gasteiger partial charge in [0.05, 0.1) is 50.4 Å². The van der Waals surface area contributed by atoms with Crippen LogP contribution in [-0.2, 0) is 27.2 Å². The normalized spacial score (nSPS) is 12.0. The van der Waals surface area contributed by atoms with Crippen LogP contribution in [0.15, 0.2) is 108 Å². The highest BCUT2D eigenvalue weighted by molar-refractivity contribution is 5.88. The summed E-state index contributed by atoms with van der Waals surface area (Å²) in [6, 6.07) is 21.4. The molecule has 0 saturated heterocycles. The van der Waals surface area contributed by atoms with Crippen LogP contribution in [0.1, 0.15) is 51.2 Å².